The molecule has 4 heteroatoms. The first-order valence-electron chi connectivity index (χ1n) is 8.23. The number of hydrogen-bond donors (Lipinski definition) is 1. The predicted molar refractivity (Wildman–Crippen MR) is 96.6 cm³/mol. The molecule has 122 valence electrons. The van der Waals surface area contributed by atoms with Gasteiger partial charge in [-0.15, -0.1) is 0 Å². The van der Waals surface area contributed by atoms with Gasteiger partial charge in [0.15, 0.2) is 5.78 Å². The van der Waals surface area contributed by atoms with E-state index in [1.54, 1.807) is 6.20 Å². The summed E-state index contributed by atoms with van der Waals surface area (Å²) < 4.78 is 1.92. The molecule has 3 rings (SSSR count). The van der Waals surface area contributed by atoms with Crippen LogP contribution in [0.5, 0.6) is 0 Å². The summed E-state index contributed by atoms with van der Waals surface area (Å²) in [7, 11) is 0. The molecule has 0 unspecified atom stereocenters. The van der Waals surface area contributed by atoms with Crippen LogP contribution in [0.4, 0.5) is 5.69 Å². The molecule has 0 bridgehead atoms. The van der Waals surface area contributed by atoms with Crippen LogP contribution in [0, 0.1) is 0 Å². The Bertz CT molecular complexity index is 791. The fraction of sp³-hybridized carbons (Fsp3) is 0.200. The summed E-state index contributed by atoms with van der Waals surface area (Å²) in [6.07, 6.45) is 3.28. The molecule has 0 aliphatic heterocycles. The van der Waals surface area contributed by atoms with Crippen molar-refractivity contribution >= 4 is 11.5 Å². The number of benzene rings is 2. The van der Waals surface area contributed by atoms with E-state index in [1.807, 2.05) is 72.3 Å². The summed E-state index contributed by atoms with van der Waals surface area (Å²) >= 11 is 0. The summed E-state index contributed by atoms with van der Waals surface area (Å²) in [5.41, 5.74) is 3.88. The van der Waals surface area contributed by atoms with Crippen LogP contribution >= 0.6 is 0 Å². The highest BCUT2D eigenvalue weighted by Crippen LogP contribution is 2.15. The molecule has 2 aromatic carbocycles. The predicted octanol–water partition coefficient (Wildman–Crippen LogP) is 4.47. The van der Waals surface area contributed by atoms with Crippen LogP contribution in [0.3, 0.4) is 0 Å². The second kappa shape index (κ2) is 7.59. The third-order valence-electron chi connectivity index (χ3n) is 3.88. The van der Waals surface area contributed by atoms with Gasteiger partial charge < -0.3 is 5.32 Å². The van der Waals surface area contributed by atoms with Crippen molar-refractivity contribution in [3.8, 4) is 5.69 Å². The Balaban J connectivity index is 1.67. The first kappa shape index (κ1) is 16.0. The molecule has 1 aromatic heterocycles. The normalized spacial score (nSPS) is 10.5. The molecule has 1 heterocycles. The third-order valence-corrected chi connectivity index (χ3v) is 3.88. The highest BCUT2D eigenvalue weighted by molar-refractivity contribution is 5.96. The van der Waals surface area contributed by atoms with Crippen LogP contribution in [-0.2, 0) is 6.54 Å². The van der Waals surface area contributed by atoms with E-state index < -0.39 is 0 Å². The number of carbonyl (C=O) groups is 1. The number of nitrogens with one attached hydrogen (secondary N) is 1. The molecule has 0 radical (unpaired) electrons. The number of anilines is 1. The number of carbonyl (C=O) groups excluding carboxylic acids is 1. The maximum absolute atomic E-state index is 11.9. The van der Waals surface area contributed by atoms with Crippen LogP contribution in [0.15, 0.2) is 66.9 Å². The van der Waals surface area contributed by atoms with Crippen LogP contribution in [0.1, 0.15) is 35.8 Å². The Hall–Kier alpha value is -2.88. The van der Waals surface area contributed by atoms with Gasteiger partial charge in [-0.2, -0.15) is 5.10 Å². The number of nitrogens with zero attached hydrogens (tertiary/aromatic N) is 2. The smallest absolute Gasteiger partial charge is 0.162 e. The van der Waals surface area contributed by atoms with E-state index in [0.717, 1.165) is 29.1 Å². The van der Waals surface area contributed by atoms with E-state index in [4.69, 9.17) is 0 Å². The zero-order valence-electron chi connectivity index (χ0n) is 13.8. The number of Topliss-reactive ketones (excluding diaryl/α,β-unsaturated/α-hetero) is 1. The minimum Gasteiger partial charge on any atom is -0.379 e. The van der Waals surface area contributed by atoms with Gasteiger partial charge in [-0.05, 0) is 48.9 Å². The summed E-state index contributed by atoms with van der Waals surface area (Å²) in [6.45, 7) is 2.68. The topological polar surface area (TPSA) is 46.9 Å². The first-order valence-corrected chi connectivity index (χ1v) is 8.23. The van der Waals surface area contributed by atoms with Gasteiger partial charge in [-0.25, -0.2) is 4.68 Å². The number of ketones is 1. The van der Waals surface area contributed by atoms with E-state index in [-0.39, 0.29) is 5.78 Å². The van der Waals surface area contributed by atoms with E-state index in [2.05, 4.69) is 10.4 Å². The van der Waals surface area contributed by atoms with Gasteiger partial charge in [0.1, 0.15) is 0 Å². The largest absolute Gasteiger partial charge is 0.379 e. The number of para-hydroxylation sites is 1. The lowest BCUT2D eigenvalue weighted by atomic mass is 10.1. The molecule has 1 N–H and O–H groups in total. The Kier molecular flexibility index (Phi) is 5.06. The molecule has 0 spiro atoms. The molecule has 4 nitrogen and oxygen atoms in total. The van der Waals surface area contributed by atoms with Crippen molar-refractivity contribution in [3.63, 3.8) is 0 Å². The third kappa shape index (κ3) is 3.71. The van der Waals surface area contributed by atoms with Gasteiger partial charge in [0.2, 0.25) is 0 Å². The second-order valence-electron chi connectivity index (χ2n) is 5.67. The molecule has 0 saturated heterocycles. The van der Waals surface area contributed by atoms with Crippen molar-refractivity contribution in [2.75, 3.05) is 5.32 Å². The fourth-order valence-electron chi connectivity index (χ4n) is 2.60. The fourth-order valence-corrected chi connectivity index (χ4v) is 2.60. The molecular weight excluding hydrogens is 298 g/mol. The molecule has 0 saturated carbocycles. The van der Waals surface area contributed by atoms with Crippen LogP contribution in [-0.4, -0.2) is 15.6 Å². The van der Waals surface area contributed by atoms with E-state index >= 15 is 0 Å². The zero-order chi connectivity index (χ0) is 16.8. The van der Waals surface area contributed by atoms with Crippen LogP contribution < -0.4 is 5.32 Å². The van der Waals surface area contributed by atoms with Crippen LogP contribution in [0.2, 0.25) is 0 Å². The van der Waals surface area contributed by atoms with E-state index in [1.165, 1.54) is 0 Å². The van der Waals surface area contributed by atoms with Crippen molar-refractivity contribution in [2.45, 2.75) is 26.3 Å². The maximum atomic E-state index is 11.9. The molecule has 3 aromatic rings. The van der Waals surface area contributed by atoms with Crippen molar-refractivity contribution in [3.05, 3.63) is 78.1 Å². The average Bonchev–Trinajstić information content (AvgIpc) is 3.10. The summed E-state index contributed by atoms with van der Waals surface area (Å²) in [5, 5.41) is 7.77. The maximum Gasteiger partial charge on any atom is 0.162 e. The van der Waals surface area contributed by atoms with Gasteiger partial charge in [0, 0.05) is 23.9 Å². The van der Waals surface area contributed by atoms with Crippen molar-refractivity contribution < 1.29 is 4.79 Å². The van der Waals surface area contributed by atoms with Gasteiger partial charge in [0.25, 0.3) is 0 Å². The standard InChI is InChI=1S/C20H21N3O/c1-2-6-20(24)16-9-11-17(12-10-16)21-15-19-13-14-22-23(19)18-7-4-3-5-8-18/h3-5,7-14,21H,2,6,15H2,1H3. The molecule has 0 atom stereocenters. The van der Waals surface area contributed by atoms with Gasteiger partial charge in [-0.3, -0.25) is 4.79 Å². The molecule has 24 heavy (non-hydrogen) atoms. The Morgan fingerprint density at radius 1 is 1.04 bits per heavy atom. The van der Waals surface area contributed by atoms with E-state index in [0.29, 0.717) is 13.0 Å². The zero-order valence-corrected chi connectivity index (χ0v) is 13.8. The van der Waals surface area contributed by atoms with Crippen molar-refractivity contribution in [1.29, 1.82) is 0 Å². The quantitative estimate of drug-likeness (QED) is 0.654. The van der Waals surface area contributed by atoms with Gasteiger partial charge in [0.05, 0.1) is 17.9 Å². The van der Waals surface area contributed by atoms with E-state index in [9.17, 15) is 4.79 Å². The lowest BCUT2D eigenvalue weighted by Crippen LogP contribution is -2.07. The highest BCUT2D eigenvalue weighted by atomic mass is 16.1. The molecule has 0 aliphatic rings. The first-order chi connectivity index (χ1) is 11.8. The molecular formula is C20H21N3O. The van der Waals surface area contributed by atoms with Gasteiger partial charge in [-0.1, -0.05) is 25.1 Å². The Morgan fingerprint density at radius 2 is 1.79 bits per heavy atom. The molecule has 0 aliphatic carbocycles. The average molecular weight is 319 g/mol. The van der Waals surface area contributed by atoms with Crippen molar-refractivity contribution in [1.82, 2.24) is 9.78 Å². The summed E-state index contributed by atoms with van der Waals surface area (Å²) in [6, 6.07) is 19.7. The highest BCUT2D eigenvalue weighted by Gasteiger charge is 2.06. The van der Waals surface area contributed by atoms with Crippen molar-refractivity contribution in [2.24, 2.45) is 0 Å². The van der Waals surface area contributed by atoms with Crippen LogP contribution in [0.25, 0.3) is 5.69 Å². The lowest BCUT2D eigenvalue weighted by molar-refractivity contribution is 0.0982. The minimum absolute atomic E-state index is 0.200. The number of rotatable bonds is 7. The van der Waals surface area contributed by atoms with Gasteiger partial charge >= 0.3 is 0 Å². The Morgan fingerprint density at radius 3 is 2.50 bits per heavy atom. The molecule has 0 amide bonds. The SMILES string of the molecule is CCCC(=O)c1ccc(NCc2ccnn2-c2ccccc2)cc1. The lowest BCUT2D eigenvalue weighted by Gasteiger charge is -2.10. The Labute approximate surface area is 142 Å². The number of hydrogen-bond acceptors (Lipinski definition) is 3. The number of aromatic nitrogens is 2. The molecule has 0 fully saturated rings. The second-order valence-corrected chi connectivity index (χ2v) is 5.67. The minimum atomic E-state index is 0.200. The monoisotopic (exact) mass is 319 g/mol. The summed E-state index contributed by atoms with van der Waals surface area (Å²) in [4.78, 5) is 11.9. The summed E-state index contributed by atoms with van der Waals surface area (Å²) in [5.74, 6) is 0.200.